The van der Waals surface area contributed by atoms with Gasteiger partial charge >= 0.3 is 11.7 Å². The molecule has 13 heteroatoms. The van der Waals surface area contributed by atoms with Crippen molar-refractivity contribution in [2.45, 2.75) is 108 Å². The van der Waals surface area contributed by atoms with Crippen LogP contribution in [0.25, 0.3) is 11.2 Å². The van der Waals surface area contributed by atoms with Gasteiger partial charge in [-0.2, -0.15) is 4.99 Å². The molecular weight excluding hydrogens is 546 g/mol. The molecule has 4 rings (SSSR count). The Labute approximate surface area is 244 Å². The van der Waals surface area contributed by atoms with Crippen molar-refractivity contribution in [2.75, 3.05) is 12.3 Å². The van der Waals surface area contributed by atoms with Crippen molar-refractivity contribution in [3.63, 3.8) is 0 Å². The third kappa shape index (κ3) is 8.09. The number of hydrogen-bond acceptors (Lipinski definition) is 7. The number of carbonyl (C=O) groups is 2. The number of aliphatic imine (C=N–C) groups is 1. The number of thioether (sulfide) groups is 1. The molecule has 0 aromatic carbocycles. The predicted octanol–water partition coefficient (Wildman–Crippen LogP) is 2.33. The fraction of sp³-hybridized carbons (Fsp3) is 0.714. The Balaban J connectivity index is 1.14. The number of aliphatic hydroxyl groups excluding tert-OH is 1. The highest BCUT2D eigenvalue weighted by Gasteiger charge is 2.37. The summed E-state index contributed by atoms with van der Waals surface area (Å²) in [6.45, 7) is 3.16. The van der Waals surface area contributed by atoms with Gasteiger partial charge in [0, 0.05) is 44.1 Å². The fourth-order valence-corrected chi connectivity index (χ4v) is 6.90. The molecule has 2 aromatic rings. The maximum atomic E-state index is 13.2. The van der Waals surface area contributed by atoms with Crippen LogP contribution in [-0.2, 0) is 24.9 Å². The van der Waals surface area contributed by atoms with Crippen LogP contribution in [0.2, 0.25) is 0 Å². The van der Waals surface area contributed by atoms with E-state index in [1.54, 1.807) is 29.4 Å². The van der Waals surface area contributed by atoms with Crippen molar-refractivity contribution in [3.8, 4) is 0 Å². The van der Waals surface area contributed by atoms with Gasteiger partial charge in [0.2, 0.25) is 5.91 Å². The fourth-order valence-electron chi connectivity index (χ4n) is 5.50. The highest BCUT2D eigenvalue weighted by atomic mass is 32.2. The molecule has 226 valence electrons. The molecule has 0 spiro atoms. The summed E-state index contributed by atoms with van der Waals surface area (Å²) in [6.07, 6.45) is 9.83. The number of fused-ring (bicyclic) bond motifs is 2. The first-order valence-corrected chi connectivity index (χ1v) is 15.9. The smallest absolute Gasteiger partial charge is 0.341 e. The normalized spacial score (nSPS) is 18.9. The Bertz CT molecular complexity index is 1360. The van der Waals surface area contributed by atoms with Crippen LogP contribution in [0.3, 0.4) is 0 Å². The predicted molar refractivity (Wildman–Crippen MR) is 161 cm³/mol. The number of unbranched alkanes of at least 4 members (excludes halogenated alkanes) is 5. The molecule has 1 saturated heterocycles. The number of imidazole rings is 1. The summed E-state index contributed by atoms with van der Waals surface area (Å²) in [7, 11) is 1.76. The average Bonchev–Trinajstić information content (AvgIpc) is 3.61. The quantitative estimate of drug-likeness (QED) is 0.240. The first kappa shape index (κ1) is 31.0. The van der Waals surface area contributed by atoms with E-state index >= 15 is 0 Å². The lowest BCUT2D eigenvalue weighted by atomic mass is 10.1. The van der Waals surface area contributed by atoms with Crippen LogP contribution < -0.4 is 21.9 Å². The van der Waals surface area contributed by atoms with Crippen molar-refractivity contribution >= 4 is 40.6 Å². The zero-order valence-electron chi connectivity index (χ0n) is 24.1. The van der Waals surface area contributed by atoms with Gasteiger partial charge < -0.3 is 20.3 Å². The van der Waals surface area contributed by atoms with Gasteiger partial charge in [-0.1, -0.05) is 19.3 Å². The van der Waals surface area contributed by atoms with Crippen molar-refractivity contribution in [2.24, 2.45) is 12.0 Å². The number of aromatic nitrogens is 4. The molecule has 0 saturated carbocycles. The van der Waals surface area contributed by atoms with Crippen molar-refractivity contribution in [3.05, 3.63) is 27.2 Å². The van der Waals surface area contributed by atoms with E-state index in [0.717, 1.165) is 62.8 Å². The second-order valence-electron chi connectivity index (χ2n) is 11.1. The van der Waals surface area contributed by atoms with Crippen LogP contribution in [0, 0.1) is 0 Å². The van der Waals surface area contributed by atoms with Crippen LogP contribution in [-0.4, -0.2) is 71.1 Å². The van der Waals surface area contributed by atoms with Gasteiger partial charge in [0.05, 0.1) is 24.2 Å². The largest absolute Gasteiger partial charge is 0.393 e. The molecule has 4 heterocycles. The van der Waals surface area contributed by atoms with Gasteiger partial charge in [-0.15, -0.1) is 11.8 Å². The van der Waals surface area contributed by atoms with Crippen molar-refractivity contribution in [1.82, 2.24) is 29.3 Å². The number of hydrogen-bond donors (Lipinski definition) is 3. The standard InChI is InChI=1S/C28H43N7O5S/c1-19(36)11-7-10-16-35-26(38)24-25(30-18-33(24)2)34(28(35)40)15-9-4-3-8-14-29-22(37)13-6-5-12-21-23-20(17-41-21)31-27(39)32-23/h18-21,36H,3-17H2,1-2H3,(H,29,37)(H,31,39)/t19-,20+,21+/m1/s1. The molecule has 0 radical (unpaired) electrons. The van der Waals surface area contributed by atoms with E-state index in [2.05, 4.69) is 20.6 Å². The molecular formula is C28H43N7O5S. The molecule has 12 nitrogen and oxygen atoms in total. The van der Waals surface area contributed by atoms with Crippen LogP contribution in [0.15, 0.2) is 20.9 Å². The number of urea groups is 1. The van der Waals surface area contributed by atoms with Crippen LogP contribution in [0.1, 0.15) is 77.6 Å². The van der Waals surface area contributed by atoms with Gasteiger partial charge in [-0.3, -0.25) is 18.7 Å². The molecule has 3 N–H and O–H groups in total. The summed E-state index contributed by atoms with van der Waals surface area (Å²) >= 11 is 1.83. The molecule has 3 amide bonds. The van der Waals surface area contributed by atoms with E-state index in [9.17, 15) is 24.3 Å². The second kappa shape index (κ2) is 14.8. The lowest BCUT2D eigenvalue weighted by Crippen LogP contribution is -2.40. The maximum Gasteiger partial charge on any atom is 0.341 e. The van der Waals surface area contributed by atoms with Crippen LogP contribution >= 0.6 is 11.8 Å². The highest BCUT2D eigenvalue weighted by molar-refractivity contribution is 8.01. The molecule has 2 aromatic heterocycles. The lowest BCUT2D eigenvalue weighted by Gasteiger charge is -2.12. The van der Waals surface area contributed by atoms with E-state index in [1.165, 1.54) is 4.57 Å². The molecule has 0 aliphatic carbocycles. The number of aryl methyl sites for hydroxylation is 2. The first-order valence-electron chi connectivity index (χ1n) is 14.9. The number of nitrogens with zero attached hydrogens (tertiary/aromatic N) is 5. The van der Waals surface area contributed by atoms with Gasteiger partial charge in [-0.25, -0.2) is 14.6 Å². The minimum Gasteiger partial charge on any atom is -0.393 e. The lowest BCUT2D eigenvalue weighted by molar-refractivity contribution is -0.121. The Morgan fingerprint density at radius 1 is 1.10 bits per heavy atom. The number of rotatable bonds is 17. The Hall–Kier alpha value is -2.93. The van der Waals surface area contributed by atoms with Gasteiger partial charge in [-0.05, 0) is 51.9 Å². The van der Waals surface area contributed by atoms with E-state index in [1.807, 2.05) is 11.8 Å². The molecule has 3 atom stereocenters. The summed E-state index contributed by atoms with van der Waals surface area (Å²) < 4.78 is 4.56. The zero-order valence-corrected chi connectivity index (χ0v) is 25.0. The van der Waals surface area contributed by atoms with Crippen LogP contribution in [0.4, 0.5) is 4.79 Å². The van der Waals surface area contributed by atoms with Gasteiger partial charge in [0.15, 0.2) is 11.2 Å². The first-order chi connectivity index (χ1) is 19.8. The van der Waals surface area contributed by atoms with E-state index in [0.29, 0.717) is 50.1 Å². The SMILES string of the molecule is C[C@@H](O)CCCCn1c(=O)c2c(ncn2C)n(CCCCCCNC(=O)CCCC[C@@H]2SC[C@@H]3NC(=O)N=C32)c1=O. The minimum absolute atomic E-state index is 0.0665. The van der Waals surface area contributed by atoms with Gasteiger partial charge in [0.1, 0.15) is 0 Å². The highest BCUT2D eigenvalue weighted by Crippen LogP contribution is 2.31. The summed E-state index contributed by atoms with van der Waals surface area (Å²) in [4.78, 5) is 58.2. The monoisotopic (exact) mass is 589 g/mol. The second-order valence-corrected chi connectivity index (χ2v) is 12.4. The molecule has 41 heavy (non-hydrogen) atoms. The Kier molecular flexibility index (Phi) is 11.2. The Morgan fingerprint density at radius 3 is 2.66 bits per heavy atom. The van der Waals surface area contributed by atoms with E-state index < -0.39 is 6.10 Å². The number of aliphatic hydroxyl groups is 1. The van der Waals surface area contributed by atoms with Crippen LogP contribution in [0.5, 0.6) is 0 Å². The summed E-state index contributed by atoms with van der Waals surface area (Å²) in [5.41, 5.74) is 1.16. The van der Waals surface area contributed by atoms with Crippen molar-refractivity contribution in [1.29, 1.82) is 0 Å². The van der Waals surface area contributed by atoms with Crippen molar-refractivity contribution < 1.29 is 14.7 Å². The molecule has 1 fully saturated rings. The van der Waals surface area contributed by atoms with Gasteiger partial charge in [0.25, 0.3) is 5.56 Å². The van der Waals surface area contributed by atoms with E-state index in [4.69, 9.17) is 0 Å². The number of amides is 3. The number of nitrogens with one attached hydrogen (secondary N) is 2. The summed E-state index contributed by atoms with van der Waals surface area (Å²) in [5.74, 6) is 0.953. The summed E-state index contributed by atoms with van der Waals surface area (Å²) in [5, 5.41) is 15.6. The average molecular weight is 590 g/mol. The zero-order chi connectivity index (χ0) is 29.4. The summed E-state index contributed by atoms with van der Waals surface area (Å²) in [6, 6.07) is -0.124. The topological polar surface area (TPSA) is 153 Å². The molecule has 0 bridgehead atoms. The molecule has 2 aliphatic heterocycles. The van der Waals surface area contributed by atoms with E-state index in [-0.39, 0.29) is 34.5 Å². The maximum absolute atomic E-state index is 13.2. The molecule has 0 unspecified atom stereocenters. The third-order valence-corrected chi connectivity index (χ3v) is 9.17. The Morgan fingerprint density at radius 2 is 1.85 bits per heavy atom. The third-order valence-electron chi connectivity index (χ3n) is 7.77. The number of carbonyl (C=O) groups excluding carboxylic acids is 2. The molecule has 2 aliphatic rings. The minimum atomic E-state index is -0.397.